The molecule has 4 nitrogen and oxygen atoms in total. The van der Waals surface area contributed by atoms with Gasteiger partial charge in [0.2, 0.25) is 0 Å². The van der Waals surface area contributed by atoms with Gasteiger partial charge in [-0.2, -0.15) is 13.2 Å². The van der Waals surface area contributed by atoms with Crippen molar-refractivity contribution in [3.05, 3.63) is 47.5 Å². The lowest BCUT2D eigenvalue weighted by Crippen LogP contribution is -2.32. The summed E-state index contributed by atoms with van der Waals surface area (Å²) in [4.78, 5) is 8.63. The first-order valence-corrected chi connectivity index (χ1v) is 7.60. The maximum atomic E-state index is 12.6. The van der Waals surface area contributed by atoms with Crippen LogP contribution in [-0.2, 0) is 12.7 Å². The van der Waals surface area contributed by atoms with E-state index in [0.717, 1.165) is 49.9 Å². The molecule has 0 unspecified atom stereocenters. The van der Waals surface area contributed by atoms with Crippen molar-refractivity contribution in [3.63, 3.8) is 0 Å². The minimum atomic E-state index is -4.36. The van der Waals surface area contributed by atoms with Crippen LogP contribution in [0.5, 0.6) is 0 Å². The van der Waals surface area contributed by atoms with Gasteiger partial charge in [-0.3, -0.25) is 4.90 Å². The predicted molar refractivity (Wildman–Crippen MR) is 96.2 cm³/mol. The highest BCUT2D eigenvalue weighted by Gasteiger charge is 2.34. The molecule has 3 N–H and O–H groups in total. The summed E-state index contributed by atoms with van der Waals surface area (Å²) < 4.78 is 37.8. The van der Waals surface area contributed by atoms with Crippen LogP contribution >= 0.6 is 24.8 Å². The van der Waals surface area contributed by atoms with E-state index in [1.54, 1.807) is 0 Å². The Kier molecular flexibility index (Phi) is 7.59. The molecule has 3 rings (SSSR count). The Morgan fingerprint density at radius 1 is 1.20 bits per heavy atom. The maximum absolute atomic E-state index is 12.6. The fourth-order valence-corrected chi connectivity index (χ4v) is 3.00. The van der Waals surface area contributed by atoms with E-state index in [1.807, 2.05) is 24.3 Å². The summed E-state index contributed by atoms with van der Waals surface area (Å²) in [5, 5.41) is 0. The first-order valence-electron chi connectivity index (χ1n) is 7.60. The molecule has 0 atom stereocenters. The van der Waals surface area contributed by atoms with Crippen LogP contribution in [0.3, 0.4) is 0 Å². The molecule has 25 heavy (non-hydrogen) atoms. The first-order chi connectivity index (χ1) is 10.9. The number of aromatic amines is 1. The van der Waals surface area contributed by atoms with Crippen molar-refractivity contribution in [2.24, 2.45) is 0 Å². The van der Waals surface area contributed by atoms with Gasteiger partial charge >= 0.3 is 6.18 Å². The van der Waals surface area contributed by atoms with E-state index in [9.17, 15) is 13.2 Å². The fourth-order valence-electron chi connectivity index (χ4n) is 3.00. The number of aromatic nitrogens is 2. The number of alkyl halides is 3. The second-order valence-corrected chi connectivity index (χ2v) is 5.98. The van der Waals surface area contributed by atoms with E-state index in [0.29, 0.717) is 5.82 Å². The van der Waals surface area contributed by atoms with Crippen LogP contribution < -0.4 is 5.73 Å². The number of nitrogens with two attached hydrogens (primary N) is 1. The molecule has 2 heterocycles. The third kappa shape index (κ3) is 5.52. The van der Waals surface area contributed by atoms with Crippen LogP contribution in [0.1, 0.15) is 35.8 Å². The Morgan fingerprint density at radius 3 is 2.44 bits per heavy atom. The number of rotatable bonds is 3. The third-order valence-corrected chi connectivity index (χ3v) is 4.23. The number of nitrogens with one attached hydrogen (secondary N) is 1. The summed E-state index contributed by atoms with van der Waals surface area (Å²) in [6.07, 6.45) is -1.88. The van der Waals surface area contributed by atoms with Crippen molar-refractivity contribution in [2.75, 3.05) is 18.8 Å². The Bertz CT molecular complexity index is 667. The molecule has 140 valence electrons. The number of hydrogen-bond acceptors (Lipinski definition) is 3. The predicted octanol–water partition coefficient (Wildman–Crippen LogP) is 4.23. The van der Waals surface area contributed by atoms with Gasteiger partial charge in [0.05, 0.1) is 6.20 Å². The quantitative estimate of drug-likeness (QED) is 0.762. The first kappa shape index (κ1) is 21.6. The summed E-state index contributed by atoms with van der Waals surface area (Å²) in [5.41, 5.74) is 6.90. The summed E-state index contributed by atoms with van der Waals surface area (Å²) in [5.74, 6) is 0.504. The average molecular weight is 397 g/mol. The SMILES string of the molecule is Cl.Cl.Nc1cccc(CN2CCC(c3ncc(C(F)(F)F)[nH]3)CC2)c1. The second-order valence-electron chi connectivity index (χ2n) is 5.98. The monoisotopic (exact) mass is 396 g/mol. The normalized spacial score (nSPS) is 16.1. The molecule has 2 aromatic rings. The number of nitrogen functional groups attached to an aromatic ring is 1. The van der Waals surface area contributed by atoms with E-state index in [2.05, 4.69) is 14.9 Å². The van der Waals surface area contributed by atoms with Crippen molar-refractivity contribution in [3.8, 4) is 0 Å². The third-order valence-electron chi connectivity index (χ3n) is 4.23. The number of piperidine rings is 1. The summed E-state index contributed by atoms with van der Waals surface area (Å²) in [7, 11) is 0. The Morgan fingerprint density at radius 2 is 1.88 bits per heavy atom. The molecular weight excluding hydrogens is 376 g/mol. The Labute approximate surface area is 156 Å². The Hall–Kier alpha value is -1.44. The van der Waals surface area contributed by atoms with Gasteiger partial charge in [-0.1, -0.05) is 12.1 Å². The number of H-pyrrole nitrogens is 1. The van der Waals surface area contributed by atoms with Gasteiger partial charge in [0, 0.05) is 18.2 Å². The standard InChI is InChI=1S/C16H19F3N4.2ClH/c17-16(18,19)14-9-21-15(22-14)12-4-6-23(7-5-12)10-11-2-1-3-13(20)8-11;;/h1-3,8-9,12H,4-7,10,20H2,(H,21,22);2*1H. The molecule has 0 aliphatic carbocycles. The van der Waals surface area contributed by atoms with Gasteiger partial charge in [-0.25, -0.2) is 4.98 Å². The van der Waals surface area contributed by atoms with Crippen molar-refractivity contribution in [1.82, 2.24) is 14.9 Å². The smallest absolute Gasteiger partial charge is 0.399 e. The van der Waals surface area contributed by atoms with Crippen LogP contribution in [0.25, 0.3) is 0 Å². The number of nitrogens with zero attached hydrogens (tertiary/aromatic N) is 2. The molecule has 0 radical (unpaired) electrons. The van der Waals surface area contributed by atoms with E-state index in [4.69, 9.17) is 5.73 Å². The molecule has 0 bridgehead atoms. The van der Waals surface area contributed by atoms with E-state index in [1.165, 1.54) is 0 Å². The van der Waals surface area contributed by atoms with Gasteiger partial charge in [-0.15, -0.1) is 24.8 Å². The van der Waals surface area contributed by atoms with E-state index >= 15 is 0 Å². The number of halogens is 5. The topological polar surface area (TPSA) is 57.9 Å². The average Bonchev–Trinajstić information content (AvgIpc) is 2.98. The zero-order valence-electron chi connectivity index (χ0n) is 13.4. The molecule has 0 spiro atoms. The van der Waals surface area contributed by atoms with Crippen LogP contribution in [0.15, 0.2) is 30.5 Å². The van der Waals surface area contributed by atoms with Gasteiger partial charge in [-0.05, 0) is 43.6 Å². The van der Waals surface area contributed by atoms with Crippen LogP contribution in [0, 0.1) is 0 Å². The number of imidazole rings is 1. The van der Waals surface area contributed by atoms with Crippen LogP contribution in [-0.4, -0.2) is 28.0 Å². The molecular formula is C16H21Cl2F3N4. The summed E-state index contributed by atoms with van der Waals surface area (Å²) >= 11 is 0. The molecule has 1 fully saturated rings. The van der Waals surface area contributed by atoms with Crippen LogP contribution in [0.4, 0.5) is 18.9 Å². The molecule has 0 amide bonds. The molecule has 9 heteroatoms. The van der Waals surface area contributed by atoms with Gasteiger partial charge in [0.15, 0.2) is 0 Å². The van der Waals surface area contributed by atoms with E-state index < -0.39 is 11.9 Å². The fraction of sp³-hybridized carbons (Fsp3) is 0.438. The number of benzene rings is 1. The van der Waals surface area contributed by atoms with Crippen molar-refractivity contribution in [2.45, 2.75) is 31.5 Å². The molecule has 1 aromatic carbocycles. The van der Waals surface area contributed by atoms with Gasteiger partial charge in [0.1, 0.15) is 11.5 Å². The van der Waals surface area contributed by atoms with Crippen molar-refractivity contribution < 1.29 is 13.2 Å². The number of likely N-dealkylation sites (tertiary alicyclic amines) is 1. The molecule has 0 saturated carbocycles. The van der Waals surface area contributed by atoms with Gasteiger partial charge < -0.3 is 10.7 Å². The minimum Gasteiger partial charge on any atom is -0.399 e. The molecule has 1 aromatic heterocycles. The lowest BCUT2D eigenvalue weighted by molar-refractivity contribution is -0.141. The second kappa shape index (κ2) is 8.78. The largest absolute Gasteiger partial charge is 0.432 e. The highest BCUT2D eigenvalue weighted by atomic mass is 35.5. The van der Waals surface area contributed by atoms with Crippen LogP contribution in [0.2, 0.25) is 0 Å². The molecule has 1 aliphatic rings. The highest BCUT2D eigenvalue weighted by Crippen LogP contribution is 2.31. The molecule has 1 saturated heterocycles. The maximum Gasteiger partial charge on any atom is 0.432 e. The lowest BCUT2D eigenvalue weighted by atomic mass is 9.96. The number of hydrogen-bond donors (Lipinski definition) is 2. The zero-order valence-corrected chi connectivity index (χ0v) is 15.1. The van der Waals surface area contributed by atoms with Gasteiger partial charge in [0.25, 0.3) is 0 Å². The Balaban J connectivity index is 0.00000156. The summed E-state index contributed by atoms with van der Waals surface area (Å²) in [6.45, 7) is 2.48. The highest BCUT2D eigenvalue weighted by molar-refractivity contribution is 5.85. The van der Waals surface area contributed by atoms with Crippen molar-refractivity contribution >= 4 is 30.5 Å². The number of anilines is 1. The molecule has 1 aliphatic heterocycles. The minimum absolute atomic E-state index is 0. The van der Waals surface area contributed by atoms with Crippen molar-refractivity contribution in [1.29, 1.82) is 0 Å². The lowest BCUT2D eigenvalue weighted by Gasteiger charge is -2.31. The zero-order chi connectivity index (χ0) is 16.4. The summed E-state index contributed by atoms with van der Waals surface area (Å²) in [6, 6.07) is 7.77. The van der Waals surface area contributed by atoms with E-state index in [-0.39, 0.29) is 30.7 Å².